The topological polar surface area (TPSA) is 105 Å². The minimum Gasteiger partial charge on any atom is -0.481 e. The molecule has 0 spiro atoms. The lowest BCUT2D eigenvalue weighted by Crippen LogP contribution is -2.49. The zero-order chi connectivity index (χ0) is 27.4. The number of halogens is 1. The Morgan fingerprint density at radius 3 is 2.15 bits per heavy atom. The summed E-state index contributed by atoms with van der Waals surface area (Å²) in [6, 6.07) is 24.1. The number of amides is 1. The first kappa shape index (κ1) is 26.0. The minimum atomic E-state index is -1.16. The van der Waals surface area contributed by atoms with E-state index in [2.05, 4.69) is 5.10 Å². The molecule has 0 bridgehead atoms. The van der Waals surface area contributed by atoms with E-state index in [9.17, 15) is 14.4 Å². The highest BCUT2D eigenvalue weighted by Gasteiger charge is 2.26. The smallest absolute Gasteiger partial charge is 0.316 e. The maximum Gasteiger partial charge on any atom is 0.316 e. The SMILES string of the molecule is O=C(O)CC(=O)N1CCN(c2cnn(-c3ccc(Cl)cc3)c(=O)c2Oc2ccc(-c3ccccc3)cc2)CC1. The molecule has 4 aromatic rings. The molecule has 0 unspecified atom stereocenters. The van der Waals surface area contributed by atoms with Crippen molar-refractivity contribution in [2.45, 2.75) is 6.42 Å². The molecule has 9 nitrogen and oxygen atoms in total. The quantitative estimate of drug-likeness (QED) is 0.342. The zero-order valence-electron chi connectivity index (χ0n) is 20.9. The first-order valence-electron chi connectivity index (χ1n) is 12.3. The molecular formula is C29H25ClN4O5. The number of aliphatic carboxylic acids is 1. The largest absolute Gasteiger partial charge is 0.481 e. The van der Waals surface area contributed by atoms with Gasteiger partial charge in [0, 0.05) is 31.2 Å². The van der Waals surface area contributed by atoms with Gasteiger partial charge in [-0.15, -0.1) is 0 Å². The lowest BCUT2D eigenvalue weighted by Gasteiger charge is -2.36. The molecule has 1 aliphatic rings. The second kappa shape index (κ2) is 11.4. The predicted molar refractivity (Wildman–Crippen MR) is 148 cm³/mol. The van der Waals surface area contributed by atoms with Gasteiger partial charge >= 0.3 is 11.5 Å². The van der Waals surface area contributed by atoms with Crippen LogP contribution in [-0.2, 0) is 9.59 Å². The molecule has 0 atom stereocenters. The Hall–Kier alpha value is -4.63. The van der Waals surface area contributed by atoms with Crippen LogP contribution in [0.25, 0.3) is 16.8 Å². The van der Waals surface area contributed by atoms with Crippen molar-refractivity contribution < 1.29 is 19.4 Å². The van der Waals surface area contributed by atoms with E-state index in [0.717, 1.165) is 11.1 Å². The molecule has 198 valence electrons. The van der Waals surface area contributed by atoms with Crippen molar-refractivity contribution in [1.29, 1.82) is 0 Å². The minimum absolute atomic E-state index is 0.0951. The molecule has 3 aromatic carbocycles. The van der Waals surface area contributed by atoms with Gasteiger partial charge in [-0.05, 0) is 47.5 Å². The Kier molecular flexibility index (Phi) is 7.60. The normalized spacial score (nSPS) is 13.3. The van der Waals surface area contributed by atoms with Gasteiger partial charge in [-0.2, -0.15) is 9.78 Å². The lowest BCUT2D eigenvalue weighted by atomic mass is 10.1. The number of carboxylic acids is 1. The molecule has 1 saturated heterocycles. The second-order valence-electron chi connectivity index (χ2n) is 8.98. The van der Waals surface area contributed by atoms with Crippen molar-refractivity contribution >= 4 is 29.2 Å². The van der Waals surface area contributed by atoms with Crippen molar-refractivity contribution in [2.75, 3.05) is 31.1 Å². The first-order valence-corrected chi connectivity index (χ1v) is 12.7. The van der Waals surface area contributed by atoms with Gasteiger partial charge in [-0.3, -0.25) is 14.4 Å². The van der Waals surface area contributed by atoms with E-state index in [4.69, 9.17) is 21.4 Å². The maximum atomic E-state index is 13.7. The van der Waals surface area contributed by atoms with Gasteiger partial charge in [0.2, 0.25) is 11.7 Å². The Labute approximate surface area is 229 Å². The average Bonchev–Trinajstić information content (AvgIpc) is 2.95. The van der Waals surface area contributed by atoms with Crippen molar-refractivity contribution in [3.63, 3.8) is 0 Å². The molecule has 0 saturated carbocycles. The third-order valence-corrected chi connectivity index (χ3v) is 6.69. The number of nitrogens with zero attached hydrogens (tertiary/aromatic N) is 4. The maximum absolute atomic E-state index is 13.7. The highest BCUT2D eigenvalue weighted by molar-refractivity contribution is 6.30. The summed E-state index contributed by atoms with van der Waals surface area (Å²) in [6.07, 6.45) is 1.02. The number of benzene rings is 3. The number of aromatic nitrogens is 2. The molecule has 1 aromatic heterocycles. The lowest BCUT2D eigenvalue weighted by molar-refractivity contribution is -0.144. The summed E-state index contributed by atoms with van der Waals surface area (Å²) in [5, 5.41) is 13.9. The van der Waals surface area contributed by atoms with Crippen molar-refractivity contribution in [1.82, 2.24) is 14.7 Å². The van der Waals surface area contributed by atoms with Crippen LogP contribution in [0.5, 0.6) is 11.5 Å². The summed E-state index contributed by atoms with van der Waals surface area (Å²) in [6.45, 7) is 1.41. The van der Waals surface area contributed by atoms with Gasteiger partial charge in [0.05, 0.1) is 11.9 Å². The number of carbonyl (C=O) groups is 2. The van der Waals surface area contributed by atoms with Crippen LogP contribution in [0.4, 0.5) is 5.69 Å². The van der Waals surface area contributed by atoms with E-state index in [1.165, 1.54) is 9.58 Å². The molecular weight excluding hydrogens is 520 g/mol. The summed E-state index contributed by atoms with van der Waals surface area (Å²) in [7, 11) is 0. The van der Waals surface area contributed by atoms with Crippen LogP contribution >= 0.6 is 11.6 Å². The fraction of sp³-hybridized carbons (Fsp3) is 0.172. The van der Waals surface area contributed by atoms with Gasteiger partial charge in [0.25, 0.3) is 0 Å². The highest BCUT2D eigenvalue weighted by Crippen LogP contribution is 2.31. The third-order valence-electron chi connectivity index (χ3n) is 6.44. The fourth-order valence-electron chi connectivity index (χ4n) is 4.42. The molecule has 1 amide bonds. The molecule has 0 aliphatic carbocycles. The Bertz CT molecular complexity index is 1530. The van der Waals surface area contributed by atoms with E-state index < -0.39 is 23.9 Å². The van der Waals surface area contributed by atoms with Crippen LogP contribution in [0.2, 0.25) is 5.02 Å². The third kappa shape index (κ3) is 5.94. The standard InChI is InChI=1S/C29H25ClN4O5/c30-22-8-10-23(11-9-22)34-29(38)28(39-24-12-6-21(7-13-24)20-4-2-1-3-5-20)25(19-31-34)32-14-16-33(17-15-32)26(35)18-27(36)37/h1-13,19H,14-18H2,(H,36,37). The molecule has 0 radical (unpaired) electrons. The molecule has 10 heteroatoms. The first-order chi connectivity index (χ1) is 18.9. The fourth-order valence-corrected chi connectivity index (χ4v) is 4.54. The van der Waals surface area contributed by atoms with Crippen LogP contribution in [0.3, 0.4) is 0 Å². The summed E-state index contributed by atoms with van der Waals surface area (Å²) in [5.41, 5.74) is 2.64. The summed E-state index contributed by atoms with van der Waals surface area (Å²) < 4.78 is 7.45. The molecule has 39 heavy (non-hydrogen) atoms. The molecule has 1 aliphatic heterocycles. The second-order valence-corrected chi connectivity index (χ2v) is 9.42. The van der Waals surface area contributed by atoms with Gasteiger partial charge in [0.1, 0.15) is 17.9 Å². The van der Waals surface area contributed by atoms with Crippen LogP contribution in [0, 0.1) is 0 Å². The number of carboxylic acid groups (broad SMARTS) is 1. The average molecular weight is 545 g/mol. The molecule has 5 rings (SSSR count). The number of carbonyl (C=O) groups excluding carboxylic acids is 1. The van der Waals surface area contributed by atoms with Crippen molar-refractivity contribution in [3.05, 3.63) is 100 Å². The van der Waals surface area contributed by atoms with Crippen LogP contribution in [0.1, 0.15) is 6.42 Å². The zero-order valence-corrected chi connectivity index (χ0v) is 21.6. The number of ether oxygens (including phenoxy) is 1. The number of hydrogen-bond donors (Lipinski definition) is 1. The van der Waals surface area contributed by atoms with Crippen LogP contribution < -0.4 is 15.2 Å². The predicted octanol–water partition coefficient (Wildman–Crippen LogP) is 4.47. The van der Waals surface area contributed by atoms with E-state index in [0.29, 0.717) is 48.3 Å². The Morgan fingerprint density at radius 2 is 1.51 bits per heavy atom. The van der Waals surface area contributed by atoms with Gasteiger partial charge in [0.15, 0.2) is 0 Å². The van der Waals surface area contributed by atoms with Crippen molar-refractivity contribution in [3.8, 4) is 28.3 Å². The number of piperazine rings is 1. The monoisotopic (exact) mass is 544 g/mol. The van der Waals surface area contributed by atoms with Crippen molar-refractivity contribution in [2.24, 2.45) is 0 Å². The van der Waals surface area contributed by atoms with Crippen LogP contribution in [-0.4, -0.2) is 57.8 Å². The summed E-state index contributed by atoms with van der Waals surface area (Å²) in [4.78, 5) is 40.2. The van der Waals surface area contributed by atoms with E-state index >= 15 is 0 Å². The van der Waals surface area contributed by atoms with E-state index in [1.807, 2.05) is 47.4 Å². The molecule has 2 heterocycles. The molecule has 1 fully saturated rings. The van der Waals surface area contributed by atoms with Crippen LogP contribution in [0.15, 0.2) is 89.9 Å². The summed E-state index contributed by atoms with van der Waals surface area (Å²) in [5.74, 6) is -1.02. The van der Waals surface area contributed by atoms with Gasteiger partial charge in [-0.25, -0.2) is 0 Å². The molecule has 1 N–H and O–H groups in total. The Balaban J connectivity index is 1.45. The number of anilines is 1. The number of rotatable bonds is 7. The van der Waals surface area contributed by atoms with E-state index in [1.54, 1.807) is 42.6 Å². The highest BCUT2D eigenvalue weighted by atomic mass is 35.5. The van der Waals surface area contributed by atoms with E-state index in [-0.39, 0.29) is 5.75 Å². The number of hydrogen-bond acceptors (Lipinski definition) is 6. The Morgan fingerprint density at radius 1 is 0.872 bits per heavy atom. The van der Waals surface area contributed by atoms with Gasteiger partial charge < -0.3 is 19.6 Å². The van der Waals surface area contributed by atoms with Gasteiger partial charge in [-0.1, -0.05) is 54.1 Å². The summed E-state index contributed by atoms with van der Waals surface area (Å²) >= 11 is 6.02.